The zero-order chi connectivity index (χ0) is 29.3. The van der Waals surface area contributed by atoms with Crippen LogP contribution in [0.15, 0.2) is 59.0 Å². The summed E-state index contributed by atoms with van der Waals surface area (Å²) in [6.45, 7) is 8.64. The number of hydrogen-bond donors (Lipinski definition) is 0. The second-order valence-electron chi connectivity index (χ2n) is 10.7. The fourth-order valence-electron chi connectivity index (χ4n) is 5.24. The number of aromatic nitrogens is 2. The summed E-state index contributed by atoms with van der Waals surface area (Å²) in [5.74, 6) is 0.239. The molecule has 0 saturated carbocycles. The van der Waals surface area contributed by atoms with Gasteiger partial charge in [-0.25, -0.2) is 14.4 Å². The number of halogens is 4. The lowest BCUT2D eigenvalue weighted by molar-refractivity contribution is -0.137. The van der Waals surface area contributed by atoms with Crippen molar-refractivity contribution < 1.29 is 22.4 Å². The number of allylic oxidation sites excluding steroid dienone is 1. The molecule has 11 heteroatoms. The number of benzene rings is 2. The van der Waals surface area contributed by atoms with Gasteiger partial charge in [-0.2, -0.15) is 18.3 Å². The third kappa shape index (κ3) is 6.24. The topological polar surface area (TPSA) is 64.9 Å². The summed E-state index contributed by atoms with van der Waals surface area (Å²) >= 11 is 0. The largest absolute Gasteiger partial charge is 0.416 e. The normalized spacial score (nSPS) is 17.7. The molecule has 2 saturated heterocycles. The van der Waals surface area contributed by atoms with Gasteiger partial charge in [0.25, 0.3) is 5.91 Å². The van der Waals surface area contributed by atoms with Crippen LogP contribution < -0.4 is 4.90 Å². The average molecular weight is 569 g/mol. The van der Waals surface area contributed by atoms with Gasteiger partial charge in [0.2, 0.25) is 0 Å². The molecule has 1 amide bonds. The zero-order valence-corrected chi connectivity index (χ0v) is 23.2. The van der Waals surface area contributed by atoms with E-state index >= 15 is 0 Å². The summed E-state index contributed by atoms with van der Waals surface area (Å²) in [6, 6.07) is 8.93. The Hall–Kier alpha value is -3.86. The number of alkyl halides is 4. The molecule has 3 heterocycles. The molecule has 5 rings (SSSR count). The van der Waals surface area contributed by atoms with E-state index in [4.69, 9.17) is 0 Å². The highest BCUT2D eigenvalue weighted by atomic mass is 19.4. The van der Waals surface area contributed by atoms with E-state index in [-0.39, 0.29) is 5.91 Å². The molecule has 0 aliphatic carbocycles. The van der Waals surface area contributed by atoms with Crippen LogP contribution in [0.5, 0.6) is 0 Å². The Bertz CT molecular complexity index is 1510. The third-order valence-electron chi connectivity index (χ3n) is 7.45. The number of carbonyl (C=O) groups excluding carboxylic acids is 1. The maximum Gasteiger partial charge on any atom is 0.416 e. The van der Waals surface area contributed by atoms with Gasteiger partial charge in [0.05, 0.1) is 17.6 Å². The van der Waals surface area contributed by atoms with Crippen molar-refractivity contribution in [2.45, 2.75) is 46.0 Å². The van der Waals surface area contributed by atoms with Gasteiger partial charge in [-0.1, -0.05) is 0 Å². The van der Waals surface area contributed by atoms with Crippen molar-refractivity contribution >= 4 is 28.7 Å². The van der Waals surface area contributed by atoms with Crippen molar-refractivity contribution in [1.82, 2.24) is 19.9 Å². The number of hydrazone groups is 1. The highest BCUT2D eigenvalue weighted by molar-refractivity contribution is 6.07. The molecule has 2 aromatic carbocycles. The molecule has 3 aromatic rings. The van der Waals surface area contributed by atoms with Crippen molar-refractivity contribution in [3.63, 3.8) is 0 Å². The molecule has 0 unspecified atom stereocenters. The Morgan fingerprint density at radius 2 is 1.83 bits per heavy atom. The summed E-state index contributed by atoms with van der Waals surface area (Å²) in [5, 5.41) is 6.64. The zero-order valence-electron chi connectivity index (χ0n) is 23.2. The van der Waals surface area contributed by atoms with Crippen LogP contribution in [0.4, 0.5) is 23.2 Å². The second-order valence-corrected chi connectivity index (χ2v) is 10.7. The summed E-state index contributed by atoms with van der Waals surface area (Å²) in [6.07, 6.45) is -0.897. The number of aryl methyl sites for hydroxylation is 1. The van der Waals surface area contributed by atoms with Crippen molar-refractivity contribution in [3.05, 3.63) is 65.0 Å². The summed E-state index contributed by atoms with van der Waals surface area (Å²) in [7, 11) is 0. The van der Waals surface area contributed by atoms with Gasteiger partial charge in [-0.05, 0) is 81.1 Å². The van der Waals surface area contributed by atoms with E-state index in [1.165, 1.54) is 12.3 Å². The fraction of sp³-hybridized carbons (Fsp3) is 0.400. The van der Waals surface area contributed by atoms with Gasteiger partial charge in [-0.15, -0.1) is 0 Å². The molecule has 0 atom stereocenters. The van der Waals surface area contributed by atoms with E-state index in [1.807, 2.05) is 39.0 Å². The molecular formula is C30H32F4N6O. The molecule has 1 aromatic heterocycles. The minimum atomic E-state index is -4.44. The Balaban J connectivity index is 1.32. The minimum Gasteiger partial charge on any atom is -0.305 e. The van der Waals surface area contributed by atoms with E-state index in [9.17, 15) is 22.4 Å². The van der Waals surface area contributed by atoms with E-state index in [0.29, 0.717) is 73.6 Å². The molecule has 41 heavy (non-hydrogen) atoms. The van der Waals surface area contributed by atoms with Crippen LogP contribution in [0.1, 0.15) is 37.8 Å². The lowest BCUT2D eigenvalue weighted by Gasteiger charge is -2.36. The monoisotopic (exact) mass is 568 g/mol. The molecule has 216 valence electrons. The first-order chi connectivity index (χ1) is 19.5. The lowest BCUT2D eigenvalue weighted by Crippen LogP contribution is -2.48. The molecule has 0 bridgehead atoms. The van der Waals surface area contributed by atoms with Gasteiger partial charge < -0.3 is 4.90 Å². The summed E-state index contributed by atoms with van der Waals surface area (Å²) in [4.78, 5) is 26.3. The number of piperazine rings is 1. The van der Waals surface area contributed by atoms with Crippen molar-refractivity contribution in [2.24, 2.45) is 5.10 Å². The quantitative estimate of drug-likeness (QED) is 0.215. The van der Waals surface area contributed by atoms with Crippen molar-refractivity contribution in [1.29, 1.82) is 0 Å². The third-order valence-corrected chi connectivity index (χ3v) is 7.45. The molecule has 2 aliphatic rings. The molecular weight excluding hydrogens is 536 g/mol. The number of amides is 1. The van der Waals surface area contributed by atoms with Crippen LogP contribution in [-0.2, 0) is 11.0 Å². The van der Waals surface area contributed by atoms with Gasteiger partial charge in [0.1, 0.15) is 11.9 Å². The van der Waals surface area contributed by atoms with Gasteiger partial charge >= 0.3 is 6.18 Å². The minimum absolute atomic E-state index is 0.148. The first kappa shape index (κ1) is 28.7. The molecule has 0 spiro atoms. The Labute approximate surface area is 236 Å². The SMILES string of the molecule is CC(C)=C1C(=O)N(c2ccc(-c3ncc4cc(C(F)(F)F)ccc4n3)cc2C)CCN1/N=C/CN1CCC(F)CC1. The maximum absolute atomic E-state index is 13.6. The van der Waals surface area contributed by atoms with Crippen molar-refractivity contribution in [2.75, 3.05) is 37.6 Å². The number of rotatable bonds is 5. The number of anilines is 1. The highest BCUT2D eigenvalue weighted by Crippen LogP contribution is 2.33. The second kappa shape index (κ2) is 11.6. The highest BCUT2D eigenvalue weighted by Gasteiger charge is 2.32. The maximum atomic E-state index is 13.6. The number of fused-ring (bicyclic) bond motifs is 1. The van der Waals surface area contributed by atoms with Crippen LogP contribution >= 0.6 is 0 Å². The molecule has 2 fully saturated rings. The predicted molar refractivity (Wildman–Crippen MR) is 151 cm³/mol. The number of piperidine rings is 1. The van der Waals surface area contributed by atoms with Crippen LogP contribution in [0.3, 0.4) is 0 Å². The first-order valence-corrected chi connectivity index (χ1v) is 13.6. The summed E-state index contributed by atoms with van der Waals surface area (Å²) in [5.41, 5.74) is 3.34. The van der Waals surface area contributed by atoms with Gasteiger partial charge in [0.15, 0.2) is 5.82 Å². The smallest absolute Gasteiger partial charge is 0.305 e. The average Bonchev–Trinajstić information content (AvgIpc) is 2.93. The summed E-state index contributed by atoms with van der Waals surface area (Å²) < 4.78 is 52.6. The van der Waals surface area contributed by atoms with E-state index in [1.54, 1.807) is 16.1 Å². The van der Waals surface area contributed by atoms with Crippen LogP contribution in [0, 0.1) is 6.92 Å². The standard InChI is InChI=1S/C30H32F4N6O/c1-19(2)27-29(41)39(14-15-40(27)36-10-13-38-11-8-24(31)9-12-38)26-7-4-21(16-20(26)3)28-35-18-22-17-23(30(32,33)34)5-6-25(22)37-28/h4-7,10,16-18,24H,8-9,11-15H2,1-3H3/b36-10+. The number of hydrogen-bond acceptors (Lipinski definition) is 6. The van der Waals surface area contributed by atoms with Gasteiger partial charge in [-0.3, -0.25) is 14.7 Å². The fourth-order valence-corrected chi connectivity index (χ4v) is 5.24. The molecule has 0 N–H and O–H groups in total. The molecule has 7 nitrogen and oxygen atoms in total. The molecule has 0 radical (unpaired) electrons. The Morgan fingerprint density at radius 3 is 2.51 bits per heavy atom. The van der Waals surface area contributed by atoms with E-state index in [2.05, 4.69) is 20.0 Å². The van der Waals surface area contributed by atoms with E-state index < -0.39 is 17.9 Å². The Kier molecular flexibility index (Phi) is 8.08. The lowest BCUT2D eigenvalue weighted by atomic mass is 10.1. The molecule has 2 aliphatic heterocycles. The Morgan fingerprint density at radius 1 is 1.07 bits per heavy atom. The number of carbonyl (C=O) groups is 1. The van der Waals surface area contributed by atoms with E-state index in [0.717, 1.165) is 29.0 Å². The van der Waals surface area contributed by atoms with Crippen molar-refractivity contribution in [3.8, 4) is 11.4 Å². The first-order valence-electron chi connectivity index (χ1n) is 13.6. The number of likely N-dealkylation sites (tertiary alicyclic amines) is 1. The van der Waals surface area contributed by atoms with Crippen LogP contribution in [0.2, 0.25) is 0 Å². The van der Waals surface area contributed by atoms with Crippen LogP contribution in [-0.4, -0.2) is 70.9 Å². The predicted octanol–water partition coefficient (Wildman–Crippen LogP) is 5.99. The number of nitrogens with zero attached hydrogens (tertiary/aromatic N) is 6. The van der Waals surface area contributed by atoms with Crippen LogP contribution in [0.25, 0.3) is 22.3 Å². The van der Waals surface area contributed by atoms with Gasteiger partial charge in [0, 0.05) is 55.2 Å².